The molecule has 1 amide bonds. The van der Waals surface area contributed by atoms with Gasteiger partial charge in [-0.3, -0.25) is 9.59 Å². The minimum atomic E-state index is -0.620. The summed E-state index contributed by atoms with van der Waals surface area (Å²) >= 11 is 0. The molecule has 1 aliphatic rings. The van der Waals surface area contributed by atoms with Crippen LogP contribution in [0.5, 0.6) is 0 Å². The second kappa shape index (κ2) is 7.49. The molecule has 1 N–H and O–H groups in total. The van der Waals surface area contributed by atoms with Crippen molar-refractivity contribution in [3.8, 4) is 0 Å². The summed E-state index contributed by atoms with van der Waals surface area (Å²) in [6.45, 7) is 6.12. The van der Waals surface area contributed by atoms with Crippen LogP contribution in [0.3, 0.4) is 0 Å². The van der Waals surface area contributed by atoms with E-state index in [1.165, 1.54) is 13.2 Å². The van der Waals surface area contributed by atoms with Crippen molar-refractivity contribution in [3.05, 3.63) is 35.5 Å². The monoisotopic (exact) mass is 319 g/mol. The van der Waals surface area contributed by atoms with Gasteiger partial charge >= 0.3 is 0 Å². The van der Waals surface area contributed by atoms with Crippen molar-refractivity contribution >= 4 is 11.7 Å². The van der Waals surface area contributed by atoms with Gasteiger partial charge in [-0.25, -0.2) is 0 Å². The third kappa shape index (κ3) is 3.49. The van der Waals surface area contributed by atoms with Crippen LogP contribution in [0.1, 0.15) is 58.3 Å². The molecule has 23 heavy (non-hydrogen) atoms. The molecule has 0 fully saturated rings. The van der Waals surface area contributed by atoms with E-state index in [1.807, 2.05) is 0 Å². The van der Waals surface area contributed by atoms with Crippen molar-refractivity contribution < 1.29 is 19.1 Å². The number of ketones is 1. The Balaban J connectivity index is 2.30. The van der Waals surface area contributed by atoms with Gasteiger partial charge in [0.15, 0.2) is 11.5 Å². The molecule has 0 aromatic carbocycles. The maximum Gasteiger partial charge on any atom is 0.290 e. The smallest absolute Gasteiger partial charge is 0.290 e. The lowest BCUT2D eigenvalue weighted by Gasteiger charge is -2.28. The third-order valence-corrected chi connectivity index (χ3v) is 4.49. The first-order valence-corrected chi connectivity index (χ1v) is 8.29. The molecule has 0 radical (unpaired) electrons. The van der Waals surface area contributed by atoms with Crippen molar-refractivity contribution in [2.75, 3.05) is 6.54 Å². The van der Waals surface area contributed by atoms with Gasteiger partial charge in [0, 0.05) is 6.54 Å². The third-order valence-electron chi connectivity index (χ3n) is 4.49. The van der Waals surface area contributed by atoms with Crippen LogP contribution >= 0.6 is 0 Å². The molecule has 5 nitrogen and oxygen atoms in total. The minimum absolute atomic E-state index is 0.135. The number of nitrogens with zero attached hydrogens (tertiary/aromatic N) is 1. The number of aliphatic hydroxyl groups excluding tert-OH is 1. The summed E-state index contributed by atoms with van der Waals surface area (Å²) in [5.74, 6) is -0.370. The molecule has 5 heteroatoms. The Kier molecular flexibility index (Phi) is 5.64. The number of Topliss-reactive ketones (excluding diaryl/α,β-unsaturated/α-hetero) is 1. The molecule has 1 aromatic rings. The normalized spacial score (nSPS) is 19.5. The van der Waals surface area contributed by atoms with E-state index in [4.69, 9.17) is 4.42 Å². The van der Waals surface area contributed by atoms with E-state index < -0.39 is 17.7 Å². The molecule has 0 unspecified atom stereocenters. The summed E-state index contributed by atoms with van der Waals surface area (Å²) in [5.41, 5.74) is 0.135. The maximum atomic E-state index is 12.5. The molecule has 1 aromatic heterocycles. The number of carbonyl (C=O) groups is 2. The summed E-state index contributed by atoms with van der Waals surface area (Å²) in [4.78, 5) is 26.0. The van der Waals surface area contributed by atoms with Crippen LogP contribution in [0.15, 0.2) is 34.1 Å². The largest absolute Gasteiger partial charge is 0.503 e. The quantitative estimate of drug-likeness (QED) is 0.791. The number of hydrogen-bond donors (Lipinski definition) is 1. The van der Waals surface area contributed by atoms with Gasteiger partial charge in [0.1, 0.15) is 11.8 Å². The van der Waals surface area contributed by atoms with E-state index in [1.54, 1.807) is 17.0 Å². The van der Waals surface area contributed by atoms with Gasteiger partial charge in [0.2, 0.25) is 0 Å². The highest BCUT2D eigenvalue weighted by Gasteiger charge is 2.44. The number of unbranched alkanes of at least 4 members (excludes halogenated alkanes) is 1. The van der Waals surface area contributed by atoms with E-state index in [-0.39, 0.29) is 11.4 Å². The second-order valence-corrected chi connectivity index (χ2v) is 6.11. The molecule has 2 atom stereocenters. The lowest BCUT2D eigenvalue weighted by Crippen LogP contribution is -2.35. The Labute approximate surface area is 137 Å². The average molecular weight is 319 g/mol. The molecule has 1 aliphatic heterocycles. The van der Waals surface area contributed by atoms with Crippen molar-refractivity contribution in [1.29, 1.82) is 0 Å². The van der Waals surface area contributed by atoms with Crippen molar-refractivity contribution in [3.63, 3.8) is 0 Å². The molecule has 0 saturated heterocycles. The maximum absolute atomic E-state index is 12.5. The zero-order chi connectivity index (χ0) is 17.0. The van der Waals surface area contributed by atoms with E-state index >= 15 is 0 Å². The van der Waals surface area contributed by atoms with Gasteiger partial charge in [0.25, 0.3) is 5.91 Å². The molecule has 126 valence electrons. The molecule has 2 heterocycles. The number of furan rings is 1. The number of carbonyl (C=O) groups excluding carboxylic acids is 2. The Morgan fingerprint density at radius 1 is 1.43 bits per heavy atom. The molecular weight excluding hydrogens is 294 g/mol. The lowest BCUT2D eigenvalue weighted by atomic mass is 9.97. The van der Waals surface area contributed by atoms with E-state index in [0.717, 1.165) is 25.7 Å². The Hall–Kier alpha value is -2.04. The summed E-state index contributed by atoms with van der Waals surface area (Å²) in [7, 11) is 0. The number of rotatable bonds is 8. The predicted octanol–water partition coefficient (Wildman–Crippen LogP) is 3.78. The zero-order valence-corrected chi connectivity index (χ0v) is 14.0. The summed E-state index contributed by atoms with van der Waals surface area (Å²) in [6.07, 6.45) is 5.70. The van der Waals surface area contributed by atoms with Gasteiger partial charge in [-0.05, 0) is 31.4 Å². The SMILES string of the molecule is CCCC[C@H](CC)CN1C(=O)C(O)=C(C(C)=O)[C@@H]1c1ccco1. The number of aliphatic hydroxyl groups is 1. The first-order valence-electron chi connectivity index (χ1n) is 8.29. The molecule has 2 rings (SSSR count). The van der Waals surface area contributed by atoms with Crippen LogP contribution in [0.25, 0.3) is 0 Å². The highest BCUT2D eigenvalue weighted by molar-refractivity contribution is 6.07. The van der Waals surface area contributed by atoms with Crippen LogP contribution in [-0.4, -0.2) is 28.2 Å². The number of amides is 1. The standard InChI is InChI=1S/C18H25NO4/c1-4-6-8-13(5-2)11-19-16(14-9-7-10-23-14)15(12(3)20)17(21)18(19)22/h7,9-10,13,16,21H,4-6,8,11H2,1-3H3/t13-,16-/m0/s1. The zero-order valence-electron chi connectivity index (χ0n) is 14.0. The van der Waals surface area contributed by atoms with Gasteiger partial charge in [-0.1, -0.05) is 33.1 Å². The first kappa shape index (κ1) is 17.3. The molecule has 0 spiro atoms. The van der Waals surface area contributed by atoms with Crippen LogP contribution in [0.4, 0.5) is 0 Å². The Morgan fingerprint density at radius 3 is 2.70 bits per heavy atom. The van der Waals surface area contributed by atoms with Gasteiger partial charge in [-0.15, -0.1) is 0 Å². The van der Waals surface area contributed by atoms with Crippen LogP contribution in [0, 0.1) is 5.92 Å². The molecule has 0 bridgehead atoms. The molecular formula is C18H25NO4. The highest BCUT2D eigenvalue weighted by atomic mass is 16.3. The fraction of sp³-hybridized carbons (Fsp3) is 0.556. The van der Waals surface area contributed by atoms with E-state index in [0.29, 0.717) is 18.2 Å². The van der Waals surface area contributed by atoms with Crippen LogP contribution < -0.4 is 0 Å². The molecule has 0 saturated carbocycles. The summed E-state index contributed by atoms with van der Waals surface area (Å²) in [5, 5.41) is 10.2. The fourth-order valence-electron chi connectivity index (χ4n) is 3.14. The van der Waals surface area contributed by atoms with Crippen LogP contribution in [0.2, 0.25) is 0 Å². The Bertz CT molecular complexity index is 588. The van der Waals surface area contributed by atoms with Gasteiger partial charge < -0.3 is 14.4 Å². The van der Waals surface area contributed by atoms with Crippen molar-refractivity contribution in [2.24, 2.45) is 5.92 Å². The second-order valence-electron chi connectivity index (χ2n) is 6.11. The van der Waals surface area contributed by atoms with E-state index in [2.05, 4.69) is 13.8 Å². The van der Waals surface area contributed by atoms with Gasteiger partial charge in [-0.2, -0.15) is 0 Å². The molecule has 0 aliphatic carbocycles. The van der Waals surface area contributed by atoms with Gasteiger partial charge in [0.05, 0.1) is 11.8 Å². The highest BCUT2D eigenvalue weighted by Crippen LogP contribution is 2.38. The summed E-state index contributed by atoms with van der Waals surface area (Å²) in [6, 6.07) is 2.84. The lowest BCUT2D eigenvalue weighted by molar-refractivity contribution is -0.130. The minimum Gasteiger partial charge on any atom is -0.503 e. The topological polar surface area (TPSA) is 70.8 Å². The van der Waals surface area contributed by atoms with Crippen molar-refractivity contribution in [2.45, 2.75) is 52.5 Å². The summed E-state index contributed by atoms with van der Waals surface area (Å²) < 4.78 is 5.43. The van der Waals surface area contributed by atoms with Crippen LogP contribution in [-0.2, 0) is 9.59 Å². The average Bonchev–Trinajstić information content (AvgIpc) is 3.12. The van der Waals surface area contributed by atoms with E-state index in [9.17, 15) is 14.7 Å². The Morgan fingerprint density at radius 2 is 2.17 bits per heavy atom. The number of hydrogen-bond acceptors (Lipinski definition) is 4. The predicted molar refractivity (Wildman–Crippen MR) is 86.8 cm³/mol. The van der Waals surface area contributed by atoms with Crippen molar-refractivity contribution in [1.82, 2.24) is 4.90 Å². The first-order chi connectivity index (χ1) is 11.0. The fourth-order valence-corrected chi connectivity index (χ4v) is 3.14.